The minimum atomic E-state index is -1.48. The summed E-state index contributed by atoms with van der Waals surface area (Å²) in [7, 11) is -1.48. The Kier molecular flexibility index (Phi) is 14.9. The molecule has 14 heteroatoms. The lowest BCUT2D eigenvalue weighted by Crippen LogP contribution is -2.29. The van der Waals surface area contributed by atoms with Gasteiger partial charge >= 0.3 is 7.12 Å². The fourth-order valence-corrected chi connectivity index (χ4v) is 15.8. The van der Waals surface area contributed by atoms with E-state index in [0.29, 0.717) is 21.8 Å². The van der Waals surface area contributed by atoms with Crippen molar-refractivity contribution in [2.45, 2.75) is 0 Å². The normalized spacial score (nSPS) is 11.7. The number of rotatable bonds is 8. The van der Waals surface area contributed by atoms with Gasteiger partial charge in [0.25, 0.3) is 0 Å². The summed E-state index contributed by atoms with van der Waals surface area (Å²) in [4.78, 5) is 17.2. The van der Waals surface area contributed by atoms with E-state index in [1.807, 2.05) is 60.7 Å². The minimum absolute atomic E-state index is 0.353. The Labute approximate surface area is 610 Å². The Bertz CT molecular complexity index is 7200. The maximum absolute atomic E-state index is 9.56. The minimum Gasteiger partial charge on any atom is -0.452 e. The van der Waals surface area contributed by atoms with Crippen LogP contribution in [-0.2, 0) is 0 Å². The first kappa shape index (κ1) is 62.1. The number of hydrogen-bond acceptors (Lipinski definition) is 8. The standard InChI is InChI=1S/C46H28N4O.C36H25BN2O2.C10H5ClN2O/c1-2-10-32(11-3-1)49-39-15-7-4-12-34(39)37-26-30(20-24-41(37)49)31-21-25-42-38(27-31)35-13-5-8-16-40(35)50(42)33-22-18-29(19-23-33)44-46-45(48-28-47-44)36-14-6-9-17-43(36)51-46;40-37(41)26-16-18-28(19-17-26)39-34-13-7-5-11-30(34)32-23-25(15-21-36(32)39)24-14-20-35-31(22-24)29-10-4-6-12-33(29)38(35)27-8-2-1-3-9-27;11-10-9-8(12-5-13-10)6-3-1-2-4-7(6)14-9/h1-28H;1-23,40-41H;1-5H. The molecule has 2 N–H and O–H groups in total. The molecular formula is C92H58BClN8O4. The van der Waals surface area contributed by atoms with E-state index in [1.165, 1.54) is 99.4 Å². The van der Waals surface area contributed by atoms with Gasteiger partial charge in [0.1, 0.15) is 40.5 Å². The van der Waals surface area contributed by atoms with Gasteiger partial charge in [0.2, 0.25) is 0 Å². The molecule has 0 unspecified atom stereocenters. The summed E-state index contributed by atoms with van der Waals surface area (Å²) < 4.78 is 21.1. The molecule has 22 aromatic rings. The van der Waals surface area contributed by atoms with Crippen molar-refractivity contribution in [1.29, 1.82) is 0 Å². The van der Waals surface area contributed by atoms with Gasteiger partial charge in [-0.15, -0.1) is 0 Å². The van der Waals surface area contributed by atoms with E-state index in [9.17, 15) is 10.0 Å². The number of fused-ring (bicyclic) bond motifs is 18. The van der Waals surface area contributed by atoms with Crippen LogP contribution in [0.25, 0.3) is 188 Å². The molecule has 0 amide bonds. The number of aromatic nitrogens is 8. The molecule has 0 aliphatic carbocycles. The summed E-state index contributed by atoms with van der Waals surface area (Å²) in [6, 6.07) is 114. The van der Waals surface area contributed by atoms with E-state index in [-0.39, 0.29) is 0 Å². The molecule has 0 radical (unpaired) electrons. The van der Waals surface area contributed by atoms with E-state index in [2.05, 4.69) is 293 Å². The van der Waals surface area contributed by atoms with Crippen LogP contribution in [0.4, 0.5) is 0 Å². The predicted octanol–water partition coefficient (Wildman–Crippen LogP) is 22.2. The van der Waals surface area contributed by atoms with Crippen LogP contribution >= 0.6 is 11.6 Å². The highest BCUT2D eigenvalue weighted by molar-refractivity contribution is 6.58. The summed E-state index contributed by atoms with van der Waals surface area (Å²) in [5.41, 5.74) is 25.2. The third kappa shape index (κ3) is 10.3. The molecule has 500 valence electrons. The molecule has 0 fully saturated rings. The molecule has 8 heterocycles. The average Bonchev–Trinajstić information content (AvgIpc) is 1.59. The summed E-state index contributed by atoms with van der Waals surface area (Å²) in [5.74, 6) is 0. The van der Waals surface area contributed by atoms with Crippen molar-refractivity contribution in [3.8, 4) is 56.3 Å². The Morgan fingerprint density at radius 1 is 0.264 bits per heavy atom. The van der Waals surface area contributed by atoms with Gasteiger partial charge in [-0.1, -0.05) is 194 Å². The highest BCUT2D eigenvalue weighted by Gasteiger charge is 2.22. The lowest BCUT2D eigenvalue weighted by atomic mass is 9.80. The Morgan fingerprint density at radius 2 is 0.566 bits per heavy atom. The second-order valence-corrected chi connectivity index (χ2v) is 26.8. The van der Waals surface area contributed by atoms with Crippen LogP contribution in [0.15, 0.2) is 349 Å². The molecule has 0 spiro atoms. The molecule has 0 aliphatic heterocycles. The topological polar surface area (TPSA) is 138 Å². The van der Waals surface area contributed by atoms with E-state index < -0.39 is 7.12 Å². The van der Waals surface area contributed by atoms with E-state index >= 15 is 0 Å². The highest BCUT2D eigenvalue weighted by atomic mass is 35.5. The SMILES string of the molecule is Clc1ncnc2c1oc1ccccc12.OB(O)c1ccc(-n2c3ccccc3c3cc(-c4ccc5c(c4)c4ccccc4n5-c4ccccc4)ccc32)cc1.c1ccc(-n2c3ccccc3c3cc(-c4ccc5c(c4)c4ccccc4n5-c4ccc(-c5ncnc6c5oc5ccccc56)cc4)ccc32)cc1. The third-order valence-corrected chi connectivity index (χ3v) is 20.8. The zero-order valence-corrected chi connectivity index (χ0v) is 57.3. The summed E-state index contributed by atoms with van der Waals surface area (Å²) in [6.45, 7) is 0. The average molecular weight is 1390 g/mol. The number of halogens is 1. The van der Waals surface area contributed by atoms with Crippen molar-refractivity contribution < 1.29 is 18.9 Å². The fourth-order valence-electron chi connectivity index (χ4n) is 15.7. The molecule has 12 nitrogen and oxygen atoms in total. The summed E-state index contributed by atoms with van der Waals surface area (Å²) in [6.07, 6.45) is 3.06. The van der Waals surface area contributed by atoms with Gasteiger partial charge in [0.05, 0.1) is 44.1 Å². The molecule has 106 heavy (non-hydrogen) atoms. The molecule has 0 saturated heterocycles. The molecule has 0 bridgehead atoms. The maximum atomic E-state index is 9.56. The second kappa shape index (κ2) is 25.4. The quantitative estimate of drug-likeness (QED) is 0.113. The van der Waals surface area contributed by atoms with Gasteiger partial charge in [0, 0.05) is 82.2 Å². The van der Waals surface area contributed by atoms with Crippen molar-refractivity contribution in [2.75, 3.05) is 0 Å². The molecule has 8 aromatic heterocycles. The van der Waals surface area contributed by atoms with Gasteiger partial charge in [0.15, 0.2) is 16.3 Å². The first-order valence-electron chi connectivity index (χ1n) is 35.1. The zero-order valence-electron chi connectivity index (χ0n) is 56.6. The fraction of sp³-hybridized carbons (Fsp3) is 0. The van der Waals surface area contributed by atoms with Gasteiger partial charge in [-0.3, -0.25) is 0 Å². The first-order chi connectivity index (χ1) is 52.3. The van der Waals surface area contributed by atoms with Crippen molar-refractivity contribution in [3.05, 3.63) is 345 Å². The van der Waals surface area contributed by atoms with Gasteiger partial charge in [-0.25, -0.2) is 19.9 Å². The zero-order chi connectivity index (χ0) is 70.5. The number of hydrogen-bond donors (Lipinski definition) is 2. The first-order valence-corrected chi connectivity index (χ1v) is 35.4. The van der Waals surface area contributed by atoms with Crippen LogP contribution in [0.3, 0.4) is 0 Å². The van der Waals surface area contributed by atoms with Crippen LogP contribution < -0.4 is 5.46 Å². The van der Waals surface area contributed by atoms with Crippen LogP contribution in [0.1, 0.15) is 0 Å². The number of furan rings is 2. The maximum Gasteiger partial charge on any atom is 0.488 e. The summed E-state index contributed by atoms with van der Waals surface area (Å²) >= 11 is 5.88. The highest BCUT2D eigenvalue weighted by Crippen LogP contribution is 2.42. The van der Waals surface area contributed by atoms with Crippen LogP contribution in [0.2, 0.25) is 5.15 Å². The molecule has 0 saturated carbocycles. The smallest absolute Gasteiger partial charge is 0.452 e. The Morgan fingerprint density at radius 3 is 0.962 bits per heavy atom. The van der Waals surface area contributed by atoms with Crippen molar-refractivity contribution >= 4 is 156 Å². The molecule has 0 aliphatic rings. The lowest BCUT2D eigenvalue weighted by Gasteiger charge is -2.10. The molecule has 0 atom stereocenters. The van der Waals surface area contributed by atoms with Gasteiger partial charge in [-0.2, -0.15) is 0 Å². The Balaban J connectivity index is 0.000000120. The van der Waals surface area contributed by atoms with Crippen LogP contribution in [0.5, 0.6) is 0 Å². The van der Waals surface area contributed by atoms with E-state index in [0.717, 1.165) is 83.4 Å². The second-order valence-electron chi connectivity index (χ2n) is 26.5. The van der Waals surface area contributed by atoms with Crippen LogP contribution in [0, 0.1) is 0 Å². The predicted molar refractivity (Wildman–Crippen MR) is 434 cm³/mol. The monoisotopic (exact) mass is 1380 g/mol. The number of para-hydroxylation sites is 8. The van der Waals surface area contributed by atoms with Crippen LogP contribution in [-0.4, -0.2) is 55.4 Å². The number of benzene rings is 14. The van der Waals surface area contributed by atoms with Crippen molar-refractivity contribution in [3.63, 3.8) is 0 Å². The van der Waals surface area contributed by atoms with E-state index in [4.69, 9.17) is 20.4 Å². The Hall–Kier alpha value is -13.7. The van der Waals surface area contributed by atoms with Gasteiger partial charge in [-0.05, 0) is 173 Å². The van der Waals surface area contributed by atoms with Crippen molar-refractivity contribution in [1.82, 2.24) is 38.2 Å². The molecule has 22 rings (SSSR count). The van der Waals surface area contributed by atoms with E-state index in [1.54, 1.807) is 18.5 Å². The molecule has 14 aromatic carbocycles. The lowest BCUT2D eigenvalue weighted by molar-refractivity contribution is 0.426. The van der Waals surface area contributed by atoms with Crippen molar-refractivity contribution in [2.24, 2.45) is 0 Å². The largest absolute Gasteiger partial charge is 0.488 e. The number of nitrogens with zero attached hydrogens (tertiary/aromatic N) is 8. The third-order valence-electron chi connectivity index (χ3n) is 20.5. The van der Waals surface area contributed by atoms with Gasteiger partial charge < -0.3 is 37.2 Å². The molecular weight excluding hydrogens is 1330 g/mol. The summed E-state index contributed by atoms with van der Waals surface area (Å²) in [5, 5.41) is 31.2.